The Labute approximate surface area is 137 Å². The highest BCUT2D eigenvalue weighted by Crippen LogP contribution is 2.23. The van der Waals surface area contributed by atoms with Crippen LogP contribution < -0.4 is 0 Å². The van der Waals surface area contributed by atoms with Crippen LogP contribution in [0.15, 0.2) is 18.3 Å². The van der Waals surface area contributed by atoms with Crippen LogP contribution in [0.4, 0.5) is 0 Å². The van der Waals surface area contributed by atoms with Crippen LogP contribution in [0.5, 0.6) is 0 Å². The number of hydrogen-bond acceptors (Lipinski definition) is 4. The van der Waals surface area contributed by atoms with E-state index in [1.807, 2.05) is 36.0 Å². The molecule has 1 saturated heterocycles. The second-order valence-corrected chi connectivity index (χ2v) is 6.66. The van der Waals surface area contributed by atoms with Crippen molar-refractivity contribution >= 4 is 11.8 Å². The van der Waals surface area contributed by atoms with Gasteiger partial charge in [0.15, 0.2) is 0 Å². The van der Waals surface area contributed by atoms with Crippen LogP contribution in [0, 0.1) is 5.92 Å². The molecule has 2 amide bonds. The zero-order valence-corrected chi connectivity index (χ0v) is 13.9. The van der Waals surface area contributed by atoms with Gasteiger partial charge in [0.25, 0.3) is 0 Å². The van der Waals surface area contributed by atoms with E-state index in [0.29, 0.717) is 32.6 Å². The molecule has 6 heteroatoms. The Kier molecular flexibility index (Phi) is 4.61. The minimum Gasteiger partial charge on any atom is -0.341 e. The van der Waals surface area contributed by atoms with Gasteiger partial charge in [0.05, 0.1) is 5.92 Å². The van der Waals surface area contributed by atoms with Gasteiger partial charge >= 0.3 is 0 Å². The minimum atomic E-state index is -0.192. The third kappa shape index (κ3) is 3.52. The summed E-state index contributed by atoms with van der Waals surface area (Å²) in [6, 6.07) is 3.94. The van der Waals surface area contributed by atoms with Crippen LogP contribution in [0.25, 0.3) is 0 Å². The first kappa shape index (κ1) is 15.9. The van der Waals surface area contributed by atoms with Gasteiger partial charge in [-0.25, -0.2) is 0 Å². The van der Waals surface area contributed by atoms with Crippen LogP contribution in [-0.4, -0.2) is 71.8 Å². The smallest absolute Gasteiger partial charge is 0.228 e. The first-order valence-corrected chi connectivity index (χ1v) is 8.18. The van der Waals surface area contributed by atoms with Crippen LogP contribution >= 0.6 is 0 Å². The number of amides is 2. The maximum Gasteiger partial charge on any atom is 0.228 e. The van der Waals surface area contributed by atoms with E-state index in [1.165, 1.54) is 0 Å². The maximum absolute atomic E-state index is 12.8. The monoisotopic (exact) mass is 316 g/mol. The summed E-state index contributed by atoms with van der Waals surface area (Å²) in [7, 11) is 3.98. The molecule has 124 valence electrons. The Hall–Kier alpha value is -1.95. The Balaban J connectivity index is 1.60. The summed E-state index contributed by atoms with van der Waals surface area (Å²) in [5.74, 6) is 0.0207. The van der Waals surface area contributed by atoms with Crippen LogP contribution in [0.3, 0.4) is 0 Å². The van der Waals surface area contributed by atoms with Crippen molar-refractivity contribution in [3.8, 4) is 0 Å². The van der Waals surface area contributed by atoms with Crippen LogP contribution in [0.2, 0.25) is 0 Å². The summed E-state index contributed by atoms with van der Waals surface area (Å²) >= 11 is 0. The van der Waals surface area contributed by atoms with E-state index in [2.05, 4.69) is 9.88 Å². The van der Waals surface area contributed by atoms with Gasteiger partial charge in [-0.3, -0.25) is 14.6 Å². The Morgan fingerprint density at radius 1 is 1.43 bits per heavy atom. The molecular weight excluding hydrogens is 292 g/mol. The molecule has 0 saturated carbocycles. The van der Waals surface area contributed by atoms with Gasteiger partial charge in [-0.15, -0.1) is 0 Å². The Morgan fingerprint density at radius 2 is 2.26 bits per heavy atom. The second kappa shape index (κ2) is 6.66. The summed E-state index contributed by atoms with van der Waals surface area (Å²) in [4.78, 5) is 35.0. The topological polar surface area (TPSA) is 56.8 Å². The molecule has 0 aliphatic carbocycles. The number of pyridine rings is 1. The predicted molar refractivity (Wildman–Crippen MR) is 86.6 cm³/mol. The highest BCUT2D eigenvalue weighted by atomic mass is 16.2. The quantitative estimate of drug-likeness (QED) is 0.806. The third-order valence-electron chi connectivity index (χ3n) is 4.66. The average molecular weight is 316 g/mol. The SMILES string of the molecule is CN(C)CCN1C[C@H](C(=O)N2CCc3ncccc3C2)CC1=O. The Morgan fingerprint density at radius 3 is 3.04 bits per heavy atom. The molecule has 1 atom stereocenters. The number of likely N-dealkylation sites (tertiary alicyclic amines) is 1. The van der Waals surface area contributed by atoms with Crippen molar-refractivity contribution < 1.29 is 9.59 Å². The zero-order chi connectivity index (χ0) is 16.4. The normalized spacial score (nSPS) is 21.0. The van der Waals surface area contributed by atoms with Gasteiger partial charge in [-0.1, -0.05) is 6.07 Å². The molecule has 0 N–H and O–H groups in total. The maximum atomic E-state index is 12.8. The molecule has 2 aliphatic heterocycles. The molecule has 3 heterocycles. The predicted octanol–water partition coefficient (Wildman–Crippen LogP) is 0.376. The molecule has 6 nitrogen and oxygen atoms in total. The molecule has 0 spiro atoms. The molecule has 0 radical (unpaired) electrons. The van der Waals surface area contributed by atoms with Gasteiger partial charge in [-0.05, 0) is 25.7 Å². The largest absolute Gasteiger partial charge is 0.341 e. The fraction of sp³-hybridized carbons (Fsp3) is 0.588. The number of aromatic nitrogens is 1. The van der Waals surface area contributed by atoms with Crippen molar-refractivity contribution in [3.63, 3.8) is 0 Å². The number of carbonyl (C=O) groups excluding carboxylic acids is 2. The number of rotatable bonds is 4. The molecule has 0 bridgehead atoms. The summed E-state index contributed by atoms with van der Waals surface area (Å²) in [6.07, 6.45) is 2.95. The number of fused-ring (bicyclic) bond motifs is 1. The van der Waals surface area contributed by atoms with Crippen molar-refractivity contribution in [2.45, 2.75) is 19.4 Å². The van der Waals surface area contributed by atoms with Crippen molar-refractivity contribution in [1.82, 2.24) is 19.7 Å². The van der Waals surface area contributed by atoms with Gasteiger partial charge in [0.2, 0.25) is 11.8 Å². The number of nitrogens with zero attached hydrogens (tertiary/aromatic N) is 4. The van der Waals surface area contributed by atoms with Crippen molar-refractivity contribution in [2.24, 2.45) is 5.92 Å². The van der Waals surface area contributed by atoms with E-state index in [1.54, 1.807) is 6.20 Å². The van der Waals surface area contributed by atoms with E-state index in [-0.39, 0.29) is 17.7 Å². The molecule has 0 unspecified atom stereocenters. The first-order valence-electron chi connectivity index (χ1n) is 8.18. The van der Waals surface area contributed by atoms with E-state index in [9.17, 15) is 9.59 Å². The highest BCUT2D eigenvalue weighted by molar-refractivity contribution is 5.89. The lowest BCUT2D eigenvalue weighted by molar-refractivity contribution is -0.136. The second-order valence-electron chi connectivity index (χ2n) is 6.66. The van der Waals surface area contributed by atoms with Crippen molar-refractivity contribution in [2.75, 3.05) is 40.3 Å². The molecule has 3 rings (SSSR count). The molecular formula is C17H24N4O2. The van der Waals surface area contributed by atoms with Crippen molar-refractivity contribution in [3.05, 3.63) is 29.6 Å². The zero-order valence-electron chi connectivity index (χ0n) is 13.9. The lowest BCUT2D eigenvalue weighted by Gasteiger charge is -2.30. The fourth-order valence-corrected chi connectivity index (χ4v) is 3.29. The summed E-state index contributed by atoms with van der Waals surface area (Å²) < 4.78 is 0. The average Bonchev–Trinajstić information content (AvgIpc) is 2.92. The minimum absolute atomic E-state index is 0.101. The molecule has 2 aliphatic rings. The third-order valence-corrected chi connectivity index (χ3v) is 4.66. The van der Waals surface area contributed by atoms with Crippen molar-refractivity contribution in [1.29, 1.82) is 0 Å². The number of carbonyl (C=O) groups is 2. The first-order chi connectivity index (χ1) is 11.0. The van der Waals surface area contributed by atoms with E-state index >= 15 is 0 Å². The molecule has 0 aromatic carbocycles. The van der Waals surface area contributed by atoms with E-state index in [0.717, 1.165) is 24.2 Å². The van der Waals surface area contributed by atoms with Crippen LogP contribution in [0.1, 0.15) is 17.7 Å². The lowest BCUT2D eigenvalue weighted by atomic mass is 10.0. The summed E-state index contributed by atoms with van der Waals surface area (Å²) in [5.41, 5.74) is 2.22. The number of likely N-dealkylation sites (N-methyl/N-ethyl adjacent to an activating group) is 1. The van der Waals surface area contributed by atoms with E-state index < -0.39 is 0 Å². The van der Waals surface area contributed by atoms with Crippen LogP contribution in [-0.2, 0) is 22.6 Å². The lowest BCUT2D eigenvalue weighted by Crippen LogP contribution is -2.41. The van der Waals surface area contributed by atoms with Gasteiger partial charge in [0, 0.05) is 57.5 Å². The van der Waals surface area contributed by atoms with Gasteiger partial charge < -0.3 is 14.7 Å². The highest BCUT2D eigenvalue weighted by Gasteiger charge is 2.37. The van der Waals surface area contributed by atoms with Gasteiger partial charge in [-0.2, -0.15) is 0 Å². The molecule has 1 fully saturated rings. The summed E-state index contributed by atoms with van der Waals surface area (Å²) in [6.45, 7) is 3.40. The molecule has 1 aromatic rings. The Bertz CT molecular complexity index is 602. The number of hydrogen-bond donors (Lipinski definition) is 0. The fourth-order valence-electron chi connectivity index (χ4n) is 3.29. The van der Waals surface area contributed by atoms with Gasteiger partial charge in [0.1, 0.15) is 0 Å². The molecule has 23 heavy (non-hydrogen) atoms. The summed E-state index contributed by atoms with van der Waals surface area (Å²) in [5, 5.41) is 0. The standard InChI is InChI=1S/C17H24N4O2/c1-19(2)8-9-20-12-14(10-16(20)22)17(23)21-7-5-15-13(11-21)4-3-6-18-15/h3-4,6,14H,5,7-12H2,1-2H3/t14-/m1/s1. The van der Waals surface area contributed by atoms with E-state index in [4.69, 9.17) is 0 Å². The molecule has 1 aromatic heterocycles.